The minimum absolute atomic E-state index is 0. The predicted octanol–water partition coefficient (Wildman–Crippen LogP) is 1.69. The predicted molar refractivity (Wildman–Crippen MR) is 78.4 cm³/mol. The lowest BCUT2D eigenvalue weighted by Gasteiger charge is -2.23. The molecule has 1 saturated heterocycles. The van der Waals surface area contributed by atoms with Gasteiger partial charge in [0.2, 0.25) is 0 Å². The van der Waals surface area contributed by atoms with Crippen molar-refractivity contribution in [2.45, 2.75) is 19.3 Å². The van der Waals surface area contributed by atoms with Crippen molar-refractivity contribution in [3.63, 3.8) is 0 Å². The quantitative estimate of drug-likeness (QED) is 0.751. The second kappa shape index (κ2) is 7.60. The second-order valence-corrected chi connectivity index (χ2v) is 5.17. The molecule has 0 unspecified atom stereocenters. The second-order valence-electron chi connectivity index (χ2n) is 3.95. The van der Waals surface area contributed by atoms with Crippen LogP contribution in [0.2, 0.25) is 0 Å². The van der Waals surface area contributed by atoms with Crippen LogP contribution in [0.25, 0.3) is 0 Å². The van der Waals surface area contributed by atoms with E-state index >= 15 is 0 Å². The summed E-state index contributed by atoms with van der Waals surface area (Å²) in [6.07, 6.45) is 3.90. The van der Waals surface area contributed by atoms with Gasteiger partial charge in [-0.1, -0.05) is 0 Å². The van der Waals surface area contributed by atoms with Crippen molar-refractivity contribution in [2.24, 2.45) is 10.9 Å². The molecule has 1 fully saturated rings. The molecule has 0 aliphatic carbocycles. The molecule has 3 nitrogen and oxygen atoms in total. The molecule has 5 heteroatoms. The van der Waals surface area contributed by atoms with E-state index in [1.54, 1.807) is 0 Å². The van der Waals surface area contributed by atoms with E-state index in [1.165, 1.54) is 30.8 Å². The molecule has 0 bridgehead atoms. The summed E-state index contributed by atoms with van der Waals surface area (Å²) in [6.45, 7) is 3.16. The van der Waals surface area contributed by atoms with E-state index in [1.807, 2.05) is 0 Å². The first-order valence-corrected chi connectivity index (χ1v) is 6.70. The third kappa shape index (κ3) is 4.80. The molecular weight excluding hydrogens is 321 g/mol. The molecule has 88 valence electrons. The highest BCUT2D eigenvalue weighted by Crippen LogP contribution is 2.21. The van der Waals surface area contributed by atoms with Gasteiger partial charge in [-0.3, -0.25) is 4.99 Å². The molecule has 0 aromatic rings. The SMILES string of the molecule is C1CN=C(NCC2CCSCC2)NC1.I. The Labute approximate surface area is 113 Å². The van der Waals surface area contributed by atoms with Crippen LogP contribution >= 0.6 is 35.7 Å². The van der Waals surface area contributed by atoms with Gasteiger partial charge in [0.15, 0.2) is 5.96 Å². The molecule has 2 N–H and O–H groups in total. The summed E-state index contributed by atoms with van der Waals surface area (Å²) in [5, 5.41) is 6.71. The molecule has 0 radical (unpaired) electrons. The number of guanidine groups is 1. The Morgan fingerprint density at radius 3 is 2.87 bits per heavy atom. The summed E-state index contributed by atoms with van der Waals surface area (Å²) in [5.74, 6) is 4.57. The topological polar surface area (TPSA) is 36.4 Å². The van der Waals surface area contributed by atoms with Crippen molar-refractivity contribution in [3.05, 3.63) is 0 Å². The van der Waals surface area contributed by atoms with Gasteiger partial charge in [0.05, 0.1) is 0 Å². The minimum atomic E-state index is 0. The largest absolute Gasteiger partial charge is 0.356 e. The van der Waals surface area contributed by atoms with Crippen molar-refractivity contribution in [1.82, 2.24) is 10.6 Å². The molecule has 0 spiro atoms. The summed E-state index contributed by atoms with van der Waals surface area (Å²) in [7, 11) is 0. The molecule has 0 saturated carbocycles. The van der Waals surface area contributed by atoms with E-state index in [2.05, 4.69) is 27.4 Å². The van der Waals surface area contributed by atoms with Gasteiger partial charge in [0.1, 0.15) is 0 Å². The average molecular weight is 341 g/mol. The third-order valence-corrected chi connectivity index (χ3v) is 3.85. The van der Waals surface area contributed by atoms with Crippen LogP contribution < -0.4 is 10.6 Å². The van der Waals surface area contributed by atoms with E-state index in [4.69, 9.17) is 0 Å². The molecule has 0 aromatic heterocycles. The highest BCUT2D eigenvalue weighted by Gasteiger charge is 2.14. The first-order valence-electron chi connectivity index (χ1n) is 5.55. The van der Waals surface area contributed by atoms with Gasteiger partial charge in [0.25, 0.3) is 0 Å². The molecule has 0 amide bonds. The number of hydrogen-bond acceptors (Lipinski definition) is 4. The fourth-order valence-electron chi connectivity index (χ4n) is 1.84. The molecule has 2 rings (SSSR count). The molecular formula is C10H20IN3S. The minimum Gasteiger partial charge on any atom is -0.356 e. The van der Waals surface area contributed by atoms with Crippen LogP contribution in [0.15, 0.2) is 4.99 Å². The maximum atomic E-state index is 4.40. The lowest BCUT2D eigenvalue weighted by Crippen LogP contribution is -2.43. The number of nitrogens with zero attached hydrogens (tertiary/aromatic N) is 1. The Bertz CT molecular complexity index is 205. The number of rotatable bonds is 2. The standard InChI is InChI=1S/C10H19N3S.HI/c1-4-11-10(12-5-1)13-8-9-2-6-14-7-3-9;/h9H,1-8H2,(H2,11,12,13);1H. The molecule has 2 aliphatic heterocycles. The van der Waals surface area contributed by atoms with Crippen molar-refractivity contribution in [3.8, 4) is 0 Å². The Hall–Kier alpha value is 0.350. The third-order valence-electron chi connectivity index (χ3n) is 2.80. The van der Waals surface area contributed by atoms with Gasteiger partial charge >= 0.3 is 0 Å². The van der Waals surface area contributed by atoms with Gasteiger partial charge in [-0.2, -0.15) is 11.8 Å². The van der Waals surface area contributed by atoms with Crippen LogP contribution in [0, 0.1) is 5.92 Å². The van der Waals surface area contributed by atoms with Crippen LogP contribution in [-0.2, 0) is 0 Å². The molecule has 0 aromatic carbocycles. The average Bonchev–Trinajstić information content (AvgIpc) is 2.29. The van der Waals surface area contributed by atoms with Gasteiger partial charge in [-0.25, -0.2) is 0 Å². The number of halogens is 1. The first-order chi connectivity index (χ1) is 6.95. The van der Waals surface area contributed by atoms with Crippen molar-refractivity contribution >= 4 is 41.7 Å². The highest BCUT2D eigenvalue weighted by atomic mass is 127. The Kier molecular flexibility index (Phi) is 6.79. The molecule has 15 heavy (non-hydrogen) atoms. The number of nitrogens with one attached hydrogen (secondary N) is 2. The Morgan fingerprint density at radius 1 is 1.40 bits per heavy atom. The first kappa shape index (κ1) is 13.4. The fraction of sp³-hybridized carbons (Fsp3) is 0.900. The van der Waals surface area contributed by atoms with Crippen LogP contribution in [0.4, 0.5) is 0 Å². The van der Waals surface area contributed by atoms with Gasteiger partial charge < -0.3 is 10.6 Å². The smallest absolute Gasteiger partial charge is 0.191 e. The van der Waals surface area contributed by atoms with Crippen LogP contribution in [0.1, 0.15) is 19.3 Å². The fourth-order valence-corrected chi connectivity index (χ4v) is 3.05. The van der Waals surface area contributed by atoms with Gasteiger partial charge in [-0.15, -0.1) is 24.0 Å². The van der Waals surface area contributed by atoms with E-state index < -0.39 is 0 Å². The number of hydrogen-bond donors (Lipinski definition) is 2. The van der Waals surface area contributed by atoms with Crippen LogP contribution in [0.3, 0.4) is 0 Å². The van der Waals surface area contributed by atoms with Crippen molar-refractivity contribution in [2.75, 3.05) is 31.1 Å². The zero-order valence-electron chi connectivity index (χ0n) is 9.00. The summed E-state index contributed by atoms with van der Waals surface area (Å²) < 4.78 is 0. The molecule has 0 atom stereocenters. The summed E-state index contributed by atoms with van der Waals surface area (Å²) in [4.78, 5) is 4.40. The zero-order chi connectivity index (χ0) is 9.64. The lowest BCUT2D eigenvalue weighted by molar-refractivity contribution is 0.477. The Morgan fingerprint density at radius 2 is 2.20 bits per heavy atom. The highest BCUT2D eigenvalue weighted by molar-refractivity contribution is 14.0. The summed E-state index contributed by atoms with van der Waals surface area (Å²) in [6, 6.07) is 0. The van der Waals surface area contributed by atoms with E-state index in [0.29, 0.717) is 0 Å². The number of thioether (sulfide) groups is 1. The van der Waals surface area contributed by atoms with Crippen LogP contribution in [-0.4, -0.2) is 37.1 Å². The van der Waals surface area contributed by atoms with E-state index in [0.717, 1.165) is 31.5 Å². The van der Waals surface area contributed by atoms with Gasteiger partial charge in [0, 0.05) is 19.6 Å². The van der Waals surface area contributed by atoms with Crippen molar-refractivity contribution in [1.29, 1.82) is 0 Å². The normalized spacial score (nSPS) is 22.3. The van der Waals surface area contributed by atoms with Crippen LogP contribution in [0.5, 0.6) is 0 Å². The maximum absolute atomic E-state index is 4.40. The van der Waals surface area contributed by atoms with Crippen molar-refractivity contribution < 1.29 is 0 Å². The monoisotopic (exact) mass is 341 g/mol. The molecule has 2 aliphatic rings. The van der Waals surface area contributed by atoms with E-state index in [-0.39, 0.29) is 24.0 Å². The molecule has 2 heterocycles. The van der Waals surface area contributed by atoms with E-state index in [9.17, 15) is 0 Å². The summed E-state index contributed by atoms with van der Waals surface area (Å²) >= 11 is 2.09. The summed E-state index contributed by atoms with van der Waals surface area (Å²) in [5.41, 5.74) is 0. The lowest BCUT2D eigenvalue weighted by atomic mass is 10.0. The number of aliphatic imine (C=N–C) groups is 1. The maximum Gasteiger partial charge on any atom is 0.191 e. The Balaban J connectivity index is 0.00000112. The zero-order valence-corrected chi connectivity index (χ0v) is 12.1. The van der Waals surface area contributed by atoms with Gasteiger partial charge in [-0.05, 0) is 36.7 Å².